The number of nitrogens with one attached hydrogen (secondary N) is 3. The summed E-state index contributed by atoms with van der Waals surface area (Å²) < 4.78 is 10.7. The summed E-state index contributed by atoms with van der Waals surface area (Å²) in [5.74, 6) is 1.60. The number of fused-ring (bicyclic) bond motifs is 1. The average molecular weight is 320 g/mol. The Morgan fingerprint density at radius 1 is 1.26 bits per heavy atom. The number of hydrogen-bond donors (Lipinski definition) is 3. The first-order chi connectivity index (χ1) is 11.2. The van der Waals surface area contributed by atoms with E-state index in [1.54, 1.807) is 14.2 Å². The van der Waals surface area contributed by atoms with E-state index in [4.69, 9.17) is 9.47 Å². The van der Waals surface area contributed by atoms with Crippen LogP contribution in [0.5, 0.6) is 5.75 Å². The molecule has 0 saturated carbocycles. The molecule has 7 nitrogen and oxygen atoms in total. The van der Waals surface area contributed by atoms with Crippen molar-refractivity contribution >= 4 is 17.6 Å². The summed E-state index contributed by atoms with van der Waals surface area (Å²) >= 11 is 0. The van der Waals surface area contributed by atoms with Crippen molar-refractivity contribution in [1.82, 2.24) is 10.6 Å². The number of aliphatic imine (C=N–C) groups is 1. The zero-order valence-corrected chi connectivity index (χ0v) is 13.6. The van der Waals surface area contributed by atoms with Crippen LogP contribution in [0.4, 0.5) is 5.69 Å². The van der Waals surface area contributed by atoms with E-state index < -0.39 is 0 Å². The summed E-state index contributed by atoms with van der Waals surface area (Å²) in [6.07, 6.45) is 1.29. The van der Waals surface area contributed by atoms with E-state index in [9.17, 15) is 4.79 Å². The van der Waals surface area contributed by atoms with Gasteiger partial charge in [-0.3, -0.25) is 9.79 Å². The van der Waals surface area contributed by atoms with Gasteiger partial charge in [-0.05, 0) is 30.2 Å². The zero-order valence-electron chi connectivity index (χ0n) is 13.6. The summed E-state index contributed by atoms with van der Waals surface area (Å²) in [4.78, 5) is 15.4. The number of carbonyl (C=O) groups is 1. The van der Waals surface area contributed by atoms with Crippen LogP contribution < -0.4 is 20.7 Å². The first-order valence-electron chi connectivity index (χ1n) is 7.72. The largest absolute Gasteiger partial charge is 0.492 e. The molecule has 0 bridgehead atoms. The number of carbonyl (C=O) groups excluding carboxylic acids is 1. The normalized spacial score (nSPS) is 14.0. The smallest absolute Gasteiger partial charge is 0.224 e. The van der Waals surface area contributed by atoms with Crippen molar-refractivity contribution < 1.29 is 14.3 Å². The van der Waals surface area contributed by atoms with Crippen molar-refractivity contribution in [2.75, 3.05) is 45.8 Å². The van der Waals surface area contributed by atoms with E-state index in [-0.39, 0.29) is 5.91 Å². The topological polar surface area (TPSA) is 84.0 Å². The molecule has 1 aromatic carbocycles. The van der Waals surface area contributed by atoms with E-state index in [0.717, 1.165) is 29.4 Å². The van der Waals surface area contributed by atoms with Gasteiger partial charge in [-0.25, -0.2) is 0 Å². The van der Waals surface area contributed by atoms with Crippen molar-refractivity contribution in [2.45, 2.75) is 12.8 Å². The van der Waals surface area contributed by atoms with Crippen molar-refractivity contribution in [1.29, 1.82) is 0 Å². The van der Waals surface area contributed by atoms with Gasteiger partial charge in [0, 0.05) is 32.8 Å². The summed E-state index contributed by atoms with van der Waals surface area (Å²) in [5.41, 5.74) is 2.00. The molecule has 0 radical (unpaired) electrons. The van der Waals surface area contributed by atoms with E-state index in [1.165, 1.54) is 0 Å². The van der Waals surface area contributed by atoms with Crippen LogP contribution in [0.3, 0.4) is 0 Å². The van der Waals surface area contributed by atoms with Gasteiger partial charge in [0.15, 0.2) is 5.96 Å². The van der Waals surface area contributed by atoms with Crippen LogP contribution in [0.25, 0.3) is 0 Å². The molecular formula is C16H24N4O3. The highest BCUT2D eigenvalue weighted by molar-refractivity contribution is 5.94. The van der Waals surface area contributed by atoms with Crippen molar-refractivity contribution in [3.05, 3.63) is 23.8 Å². The number of methoxy groups -OCH3 is 1. The molecular weight excluding hydrogens is 296 g/mol. The van der Waals surface area contributed by atoms with E-state index >= 15 is 0 Å². The first kappa shape index (κ1) is 17.1. The minimum Gasteiger partial charge on any atom is -0.492 e. The lowest BCUT2D eigenvalue weighted by molar-refractivity contribution is -0.116. The number of hydrogen-bond acceptors (Lipinski definition) is 4. The minimum absolute atomic E-state index is 0.0720. The van der Waals surface area contributed by atoms with E-state index in [2.05, 4.69) is 20.9 Å². The average Bonchev–Trinajstić information content (AvgIpc) is 2.57. The van der Waals surface area contributed by atoms with Crippen molar-refractivity contribution in [3.63, 3.8) is 0 Å². The predicted octanol–water partition coefficient (Wildman–Crippen LogP) is 0.762. The Bertz CT molecular complexity index is 560. The van der Waals surface area contributed by atoms with Crippen LogP contribution in [-0.2, 0) is 16.0 Å². The number of guanidine groups is 1. The molecule has 2 rings (SSSR count). The van der Waals surface area contributed by atoms with Crippen LogP contribution >= 0.6 is 0 Å². The Morgan fingerprint density at radius 2 is 2.04 bits per heavy atom. The third-order valence-electron chi connectivity index (χ3n) is 3.46. The van der Waals surface area contributed by atoms with Gasteiger partial charge in [0.05, 0.1) is 13.2 Å². The van der Waals surface area contributed by atoms with Gasteiger partial charge < -0.3 is 25.4 Å². The fourth-order valence-electron chi connectivity index (χ4n) is 2.28. The molecule has 0 unspecified atom stereocenters. The van der Waals surface area contributed by atoms with Gasteiger partial charge in [-0.2, -0.15) is 0 Å². The number of ether oxygens (including phenoxy) is 2. The predicted molar refractivity (Wildman–Crippen MR) is 90.1 cm³/mol. The summed E-state index contributed by atoms with van der Waals surface area (Å²) in [5, 5.41) is 9.16. The first-order valence-corrected chi connectivity index (χ1v) is 7.72. The molecule has 1 aliphatic heterocycles. The van der Waals surface area contributed by atoms with Gasteiger partial charge in [-0.15, -0.1) is 0 Å². The van der Waals surface area contributed by atoms with Gasteiger partial charge in [0.2, 0.25) is 5.91 Å². The second kappa shape index (κ2) is 8.99. The van der Waals surface area contributed by atoms with Crippen molar-refractivity contribution in [3.8, 4) is 5.75 Å². The highest BCUT2D eigenvalue weighted by Crippen LogP contribution is 2.26. The Hall–Kier alpha value is -2.28. The Labute approximate surface area is 136 Å². The number of rotatable bonds is 7. The van der Waals surface area contributed by atoms with Crippen LogP contribution in [0.1, 0.15) is 12.0 Å². The maximum absolute atomic E-state index is 11.3. The number of amides is 1. The second-order valence-corrected chi connectivity index (χ2v) is 5.13. The number of anilines is 1. The SMILES string of the molecule is CN=C(NCCOC)NCCOc1ccc2c(c1)CCC(=O)N2. The molecule has 1 heterocycles. The molecule has 7 heteroatoms. The van der Waals surface area contributed by atoms with Crippen LogP contribution in [0.15, 0.2) is 23.2 Å². The molecule has 0 aliphatic carbocycles. The molecule has 0 saturated heterocycles. The van der Waals surface area contributed by atoms with Gasteiger partial charge >= 0.3 is 0 Å². The fourth-order valence-corrected chi connectivity index (χ4v) is 2.28. The van der Waals surface area contributed by atoms with E-state index in [0.29, 0.717) is 32.7 Å². The van der Waals surface area contributed by atoms with Gasteiger partial charge in [0.25, 0.3) is 0 Å². The maximum atomic E-state index is 11.3. The standard InChI is InChI=1S/C16H24N4O3/c1-17-16(18-7-9-22-2)19-8-10-23-13-4-5-14-12(11-13)3-6-15(21)20-14/h4-5,11H,3,6-10H2,1-2H3,(H,20,21)(H2,17,18,19). The quantitative estimate of drug-likeness (QED) is 0.392. The zero-order chi connectivity index (χ0) is 16.5. The van der Waals surface area contributed by atoms with Crippen molar-refractivity contribution in [2.24, 2.45) is 4.99 Å². The maximum Gasteiger partial charge on any atom is 0.224 e. The Balaban J connectivity index is 1.73. The number of benzene rings is 1. The summed E-state index contributed by atoms with van der Waals surface area (Å²) in [6.45, 7) is 2.49. The highest BCUT2D eigenvalue weighted by atomic mass is 16.5. The molecule has 0 fully saturated rings. The lowest BCUT2D eigenvalue weighted by atomic mass is 10.0. The molecule has 3 N–H and O–H groups in total. The summed E-state index contributed by atoms with van der Waals surface area (Å²) in [6, 6.07) is 5.75. The molecule has 0 spiro atoms. The lowest BCUT2D eigenvalue weighted by Crippen LogP contribution is -2.40. The van der Waals surface area contributed by atoms with Gasteiger partial charge in [-0.1, -0.05) is 0 Å². The van der Waals surface area contributed by atoms with Crippen LogP contribution in [0, 0.1) is 0 Å². The molecule has 0 atom stereocenters. The second-order valence-electron chi connectivity index (χ2n) is 5.13. The Morgan fingerprint density at radius 3 is 2.78 bits per heavy atom. The molecule has 1 aliphatic rings. The molecule has 1 amide bonds. The minimum atomic E-state index is 0.0720. The molecule has 126 valence electrons. The molecule has 1 aromatic rings. The number of nitrogens with zero attached hydrogens (tertiary/aromatic N) is 1. The monoisotopic (exact) mass is 320 g/mol. The molecule has 0 aromatic heterocycles. The summed E-state index contributed by atoms with van der Waals surface area (Å²) in [7, 11) is 3.39. The third kappa shape index (κ3) is 5.45. The fraction of sp³-hybridized carbons (Fsp3) is 0.500. The van der Waals surface area contributed by atoms with Crippen LogP contribution in [0.2, 0.25) is 0 Å². The third-order valence-corrected chi connectivity index (χ3v) is 3.46. The van der Waals surface area contributed by atoms with Gasteiger partial charge in [0.1, 0.15) is 12.4 Å². The number of aryl methyl sites for hydroxylation is 1. The van der Waals surface area contributed by atoms with E-state index in [1.807, 2.05) is 18.2 Å². The lowest BCUT2D eigenvalue weighted by Gasteiger charge is -2.18. The highest BCUT2D eigenvalue weighted by Gasteiger charge is 2.14. The Kier molecular flexibility index (Phi) is 6.68. The molecule has 23 heavy (non-hydrogen) atoms. The van der Waals surface area contributed by atoms with Crippen LogP contribution in [-0.4, -0.2) is 52.3 Å².